The fourth-order valence-corrected chi connectivity index (χ4v) is 1.54. The molecule has 1 aromatic rings. The van der Waals surface area contributed by atoms with Crippen molar-refractivity contribution in [1.29, 1.82) is 0 Å². The standard InChI is InChI=1S/C8H3BrClF3O/c9-6-3(10)1-2-4(11)5(6)7(14)8(12)13/h1-2,8H. The minimum Gasteiger partial charge on any atom is -0.288 e. The number of carbonyl (C=O) groups excluding carboxylic acids is 1. The first-order chi connectivity index (χ1) is 6.45. The minimum absolute atomic E-state index is 0.00963. The Morgan fingerprint density at radius 2 is 2.00 bits per heavy atom. The van der Waals surface area contributed by atoms with Crippen LogP contribution in [0, 0.1) is 5.82 Å². The first-order valence-electron chi connectivity index (χ1n) is 3.41. The van der Waals surface area contributed by atoms with Crippen LogP contribution < -0.4 is 0 Å². The lowest BCUT2D eigenvalue weighted by atomic mass is 10.1. The van der Waals surface area contributed by atoms with Crippen molar-refractivity contribution < 1.29 is 18.0 Å². The highest BCUT2D eigenvalue weighted by atomic mass is 79.9. The zero-order valence-corrected chi connectivity index (χ0v) is 8.87. The molecule has 76 valence electrons. The lowest BCUT2D eigenvalue weighted by Gasteiger charge is -2.05. The van der Waals surface area contributed by atoms with Crippen LogP contribution in [-0.2, 0) is 0 Å². The van der Waals surface area contributed by atoms with Crippen molar-refractivity contribution in [1.82, 2.24) is 0 Å². The number of ketones is 1. The van der Waals surface area contributed by atoms with Gasteiger partial charge in [0.25, 0.3) is 0 Å². The molecule has 0 amide bonds. The van der Waals surface area contributed by atoms with Crippen LogP contribution in [-0.4, -0.2) is 12.2 Å². The molecule has 0 saturated heterocycles. The van der Waals surface area contributed by atoms with E-state index in [1.807, 2.05) is 0 Å². The van der Waals surface area contributed by atoms with Gasteiger partial charge in [0.2, 0.25) is 5.78 Å². The van der Waals surface area contributed by atoms with Crippen LogP contribution in [0.4, 0.5) is 13.2 Å². The first kappa shape index (κ1) is 11.5. The molecule has 0 aliphatic carbocycles. The molecular weight excluding hydrogens is 284 g/mol. The van der Waals surface area contributed by atoms with Crippen LogP contribution >= 0.6 is 27.5 Å². The van der Waals surface area contributed by atoms with Gasteiger partial charge in [0.1, 0.15) is 5.82 Å². The summed E-state index contributed by atoms with van der Waals surface area (Å²) < 4.78 is 36.9. The largest absolute Gasteiger partial charge is 0.300 e. The van der Waals surface area contributed by atoms with Crippen molar-refractivity contribution in [2.45, 2.75) is 6.43 Å². The second kappa shape index (κ2) is 4.31. The van der Waals surface area contributed by atoms with E-state index in [0.29, 0.717) is 0 Å². The van der Waals surface area contributed by atoms with Gasteiger partial charge in [-0.3, -0.25) is 4.79 Å². The van der Waals surface area contributed by atoms with Gasteiger partial charge in [-0.25, -0.2) is 13.2 Å². The van der Waals surface area contributed by atoms with Gasteiger partial charge in [-0.15, -0.1) is 0 Å². The molecule has 0 heterocycles. The highest BCUT2D eigenvalue weighted by Crippen LogP contribution is 2.29. The third-order valence-corrected chi connectivity index (χ3v) is 2.86. The van der Waals surface area contributed by atoms with E-state index in [9.17, 15) is 18.0 Å². The molecule has 0 aliphatic rings. The van der Waals surface area contributed by atoms with Crippen molar-refractivity contribution in [2.24, 2.45) is 0 Å². The second-order valence-electron chi connectivity index (χ2n) is 2.38. The van der Waals surface area contributed by atoms with Gasteiger partial charge in [0.15, 0.2) is 0 Å². The number of hydrogen-bond donors (Lipinski definition) is 0. The molecule has 0 aromatic heterocycles. The third-order valence-electron chi connectivity index (χ3n) is 1.49. The Labute approximate surface area is 91.0 Å². The zero-order chi connectivity index (χ0) is 10.9. The Balaban J connectivity index is 3.33. The lowest BCUT2D eigenvalue weighted by molar-refractivity contribution is 0.0673. The summed E-state index contributed by atoms with van der Waals surface area (Å²) in [5.41, 5.74) is -0.715. The van der Waals surface area contributed by atoms with Gasteiger partial charge in [-0.2, -0.15) is 0 Å². The average molecular weight is 287 g/mol. The van der Waals surface area contributed by atoms with Crippen LogP contribution in [0.5, 0.6) is 0 Å². The first-order valence-corrected chi connectivity index (χ1v) is 4.58. The quantitative estimate of drug-likeness (QED) is 0.599. The van der Waals surface area contributed by atoms with E-state index in [2.05, 4.69) is 15.9 Å². The molecule has 1 aromatic carbocycles. The molecule has 0 bridgehead atoms. The van der Waals surface area contributed by atoms with E-state index < -0.39 is 23.6 Å². The van der Waals surface area contributed by atoms with Gasteiger partial charge in [0, 0.05) is 0 Å². The molecule has 0 radical (unpaired) electrons. The van der Waals surface area contributed by atoms with E-state index in [1.165, 1.54) is 6.07 Å². The average Bonchev–Trinajstić information content (AvgIpc) is 2.12. The Kier molecular flexibility index (Phi) is 3.55. The number of benzene rings is 1. The maximum absolute atomic E-state index is 13.0. The minimum atomic E-state index is -3.25. The number of rotatable bonds is 2. The SMILES string of the molecule is O=C(c1c(F)ccc(Cl)c1Br)C(F)F. The van der Waals surface area contributed by atoms with Crippen molar-refractivity contribution in [2.75, 3.05) is 0 Å². The number of hydrogen-bond acceptors (Lipinski definition) is 1. The molecule has 0 spiro atoms. The van der Waals surface area contributed by atoms with E-state index in [-0.39, 0.29) is 9.50 Å². The summed E-state index contributed by atoms with van der Waals surface area (Å²) in [5, 5.41) is 0.00963. The van der Waals surface area contributed by atoms with Gasteiger partial charge >= 0.3 is 6.43 Å². The Bertz CT molecular complexity index is 381. The smallest absolute Gasteiger partial charge is 0.288 e. The topological polar surface area (TPSA) is 17.1 Å². The Morgan fingerprint density at radius 1 is 1.43 bits per heavy atom. The lowest BCUT2D eigenvalue weighted by Crippen LogP contribution is -2.13. The highest BCUT2D eigenvalue weighted by molar-refractivity contribution is 9.10. The summed E-state index contributed by atoms with van der Waals surface area (Å²) in [7, 11) is 0. The molecule has 6 heteroatoms. The van der Waals surface area contributed by atoms with Crippen molar-refractivity contribution >= 4 is 33.3 Å². The summed E-state index contributed by atoms with van der Waals surface area (Å²) in [6, 6.07) is 2.03. The summed E-state index contributed by atoms with van der Waals surface area (Å²) in [6.07, 6.45) is -3.25. The number of carbonyl (C=O) groups is 1. The van der Waals surface area contributed by atoms with Crippen LogP contribution in [0.1, 0.15) is 10.4 Å². The zero-order valence-electron chi connectivity index (χ0n) is 6.53. The fourth-order valence-electron chi connectivity index (χ4n) is 0.862. The van der Waals surface area contributed by atoms with Crippen LogP contribution in [0.15, 0.2) is 16.6 Å². The van der Waals surface area contributed by atoms with Crippen LogP contribution in [0.2, 0.25) is 5.02 Å². The van der Waals surface area contributed by atoms with Gasteiger partial charge in [-0.05, 0) is 28.1 Å². The van der Waals surface area contributed by atoms with Gasteiger partial charge in [0.05, 0.1) is 15.1 Å². The molecular formula is C8H3BrClF3O. The summed E-state index contributed by atoms with van der Waals surface area (Å²) in [6.45, 7) is 0. The number of Topliss-reactive ketones (excluding diaryl/α,β-unsaturated/α-hetero) is 1. The molecule has 0 atom stereocenters. The molecule has 14 heavy (non-hydrogen) atoms. The fraction of sp³-hybridized carbons (Fsp3) is 0.125. The Hall–Kier alpha value is -0.550. The molecule has 0 saturated carbocycles. The highest BCUT2D eigenvalue weighted by Gasteiger charge is 2.25. The van der Waals surface area contributed by atoms with Crippen molar-refractivity contribution in [3.8, 4) is 0 Å². The van der Waals surface area contributed by atoms with Crippen LogP contribution in [0.25, 0.3) is 0 Å². The second-order valence-corrected chi connectivity index (χ2v) is 3.58. The summed E-state index contributed by atoms with van der Waals surface area (Å²) >= 11 is 8.30. The number of halogens is 5. The van der Waals surface area contributed by atoms with Gasteiger partial charge < -0.3 is 0 Å². The van der Waals surface area contributed by atoms with E-state index >= 15 is 0 Å². The maximum atomic E-state index is 13.0. The normalized spacial score (nSPS) is 10.7. The monoisotopic (exact) mass is 286 g/mol. The molecule has 0 fully saturated rings. The Morgan fingerprint density at radius 3 is 2.50 bits per heavy atom. The van der Waals surface area contributed by atoms with Crippen LogP contribution in [0.3, 0.4) is 0 Å². The van der Waals surface area contributed by atoms with Crippen molar-refractivity contribution in [3.63, 3.8) is 0 Å². The summed E-state index contributed by atoms with van der Waals surface area (Å²) in [4.78, 5) is 10.9. The van der Waals surface area contributed by atoms with Crippen molar-refractivity contribution in [3.05, 3.63) is 33.0 Å². The molecule has 0 unspecified atom stereocenters. The molecule has 1 rings (SSSR count). The third kappa shape index (κ3) is 2.09. The predicted molar refractivity (Wildman–Crippen MR) is 49.4 cm³/mol. The van der Waals surface area contributed by atoms with E-state index in [4.69, 9.17) is 11.6 Å². The predicted octanol–water partition coefficient (Wildman–Crippen LogP) is 3.69. The maximum Gasteiger partial charge on any atom is 0.300 e. The van der Waals surface area contributed by atoms with Gasteiger partial charge in [-0.1, -0.05) is 11.6 Å². The number of alkyl halides is 2. The molecule has 1 nitrogen and oxygen atoms in total. The summed E-state index contributed by atoms with van der Waals surface area (Å²) in [5.74, 6) is -2.61. The van der Waals surface area contributed by atoms with E-state index in [1.54, 1.807) is 0 Å². The van der Waals surface area contributed by atoms with E-state index in [0.717, 1.165) is 6.07 Å². The molecule has 0 aliphatic heterocycles. The molecule has 0 N–H and O–H groups in total.